The molecule has 0 radical (unpaired) electrons. The first kappa shape index (κ1) is 17.3. The molecular weight excluding hydrogens is 332 g/mol. The number of likely N-dealkylation sites (N-methyl/N-ethyl adjacent to an activating group) is 1. The van der Waals surface area contributed by atoms with Crippen molar-refractivity contribution in [3.63, 3.8) is 0 Å². The van der Waals surface area contributed by atoms with Crippen molar-refractivity contribution in [1.82, 2.24) is 9.80 Å². The zero-order valence-electron chi connectivity index (χ0n) is 14.8. The Balaban J connectivity index is 1.39. The minimum atomic E-state index is 0.460. The summed E-state index contributed by atoms with van der Waals surface area (Å²) in [6, 6.07) is 12.0. The lowest BCUT2D eigenvalue weighted by atomic mass is 9.81. The van der Waals surface area contributed by atoms with Gasteiger partial charge >= 0.3 is 0 Å². The van der Waals surface area contributed by atoms with Gasteiger partial charge in [0.05, 0.1) is 0 Å². The van der Waals surface area contributed by atoms with Crippen molar-refractivity contribution < 1.29 is 0 Å². The molecule has 1 aromatic rings. The van der Waals surface area contributed by atoms with Gasteiger partial charge in [-0.3, -0.25) is 9.80 Å². The number of likely N-dealkylation sites (tertiary alicyclic amines) is 2. The van der Waals surface area contributed by atoms with Crippen LogP contribution in [0.1, 0.15) is 30.7 Å². The Hall–Kier alpha value is -0.160. The average molecular weight is 363 g/mol. The van der Waals surface area contributed by atoms with Gasteiger partial charge in [-0.1, -0.05) is 30.3 Å². The van der Waals surface area contributed by atoms with Crippen LogP contribution in [-0.4, -0.2) is 71.1 Å². The van der Waals surface area contributed by atoms with Crippen molar-refractivity contribution in [1.29, 1.82) is 0 Å². The van der Waals surface area contributed by atoms with E-state index in [0.717, 1.165) is 12.0 Å². The standard InChI is InChI=1S/C20H30N2S2/c1-21-14-18(17-5-3-2-4-6-17)13-20(21)7-9-22(10-8-20)19-15-23-11-12-24-16-19/h2-6,18-19H,7-16H2,1H3/t18-/m0/s1. The summed E-state index contributed by atoms with van der Waals surface area (Å²) < 4.78 is 0. The average Bonchev–Trinajstić information content (AvgIpc) is 2.81. The summed E-state index contributed by atoms with van der Waals surface area (Å²) in [7, 11) is 2.37. The highest BCUT2D eigenvalue weighted by Gasteiger charge is 2.46. The van der Waals surface area contributed by atoms with Gasteiger partial charge in [-0.25, -0.2) is 0 Å². The van der Waals surface area contributed by atoms with Gasteiger partial charge in [-0.2, -0.15) is 23.5 Å². The van der Waals surface area contributed by atoms with Crippen LogP contribution < -0.4 is 0 Å². The van der Waals surface area contributed by atoms with Gasteiger partial charge in [0.15, 0.2) is 0 Å². The first-order valence-corrected chi connectivity index (χ1v) is 11.7. The minimum absolute atomic E-state index is 0.460. The molecule has 3 aliphatic heterocycles. The quantitative estimate of drug-likeness (QED) is 0.789. The Morgan fingerprint density at radius 3 is 2.33 bits per heavy atom. The van der Waals surface area contributed by atoms with Crippen LogP contribution in [0.15, 0.2) is 30.3 Å². The fourth-order valence-corrected chi connectivity index (χ4v) is 7.49. The molecule has 0 amide bonds. The third kappa shape index (κ3) is 3.53. The van der Waals surface area contributed by atoms with Crippen molar-refractivity contribution in [3.05, 3.63) is 35.9 Å². The monoisotopic (exact) mass is 362 g/mol. The van der Waals surface area contributed by atoms with Gasteiger partial charge in [0.1, 0.15) is 0 Å². The van der Waals surface area contributed by atoms with E-state index in [1.165, 1.54) is 61.9 Å². The Bertz CT molecular complexity index is 520. The number of piperidine rings is 1. The second-order valence-electron chi connectivity index (χ2n) is 7.76. The van der Waals surface area contributed by atoms with Gasteiger partial charge in [-0.05, 0) is 37.8 Å². The number of rotatable bonds is 2. The summed E-state index contributed by atoms with van der Waals surface area (Å²) in [6.07, 6.45) is 4.08. The third-order valence-electron chi connectivity index (χ3n) is 6.44. The normalized spacial score (nSPS) is 29.8. The summed E-state index contributed by atoms with van der Waals surface area (Å²) >= 11 is 4.33. The first-order valence-electron chi connectivity index (χ1n) is 9.43. The fourth-order valence-electron chi connectivity index (χ4n) is 4.86. The van der Waals surface area contributed by atoms with Crippen molar-refractivity contribution in [2.75, 3.05) is 49.7 Å². The molecule has 3 heterocycles. The third-order valence-corrected chi connectivity index (χ3v) is 8.92. The predicted molar refractivity (Wildman–Crippen MR) is 108 cm³/mol. The molecule has 3 saturated heterocycles. The van der Waals surface area contributed by atoms with Crippen molar-refractivity contribution in [2.24, 2.45) is 0 Å². The molecule has 3 fully saturated rings. The molecule has 1 spiro atoms. The maximum absolute atomic E-state index is 2.81. The van der Waals surface area contributed by atoms with E-state index < -0.39 is 0 Å². The van der Waals surface area contributed by atoms with E-state index in [0.29, 0.717) is 5.54 Å². The molecule has 0 saturated carbocycles. The molecule has 4 rings (SSSR count). The molecule has 2 nitrogen and oxygen atoms in total. The molecule has 0 bridgehead atoms. The molecule has 3 aliphatic rings. The molecule has 1 aromatic carbocycles. The molecule has 0 aromatic heterocycles. The second kappa shape index (κ2) is 7.61. The van der Waals surface area contributed by atoms with Crippen molar-refractivity contribution >= 4 is 23.5 Å². The molecule has 0 aliphatic carbocycles. The van der Waals surface area contributed by atoms with Gasteiger partial charge in [0, 0.05) is 54.2 Å². The molecule has 132 valence electrons. The van der Waals surface area contributed by atoms with Crippen LogP contribution in [-0.2, 0) is 0 Å². The lowest BCUT2D eigenvalue weighted by molar-refractivity contribution is 0.0585. The van der Waals surface area contributed by atoms with E-state index in [2.05, 4.69) is 70.7 Å². The molecule has 0 unspecified atom stereocenters. The van der Waals surface area contributed by atoms with E-state index >= 15 is 0 Å². The maximum Gasteiger partial charge on any atom is 0.0277 e. The van der Waals surface area contributed by atoms with Crippen molar-refractivity contribution in [2.45, 2.75) is 36.8 Å². The Kier molecular flexibility index (Phi) is 5.47. The zero-order chi connectivity index (χ0) is 16.4. The highest BCUT2D eigenvalue weighted by molar-refractivity contribution is 8.03. The molecular formula is C20H30N2S2. The Labute approximate surface area is 155 Å². The summed E-state index contributed by atoms with van der Waals surface area (Å²) in [5.74, 6) is 6.12. The van der Waals surface area contributed by atoms with Crippen LogP contribution in [0, 0.1) is 0 Å². The Morgan fingerprint density at radius 1 is 1.00 bits per heavy atom. The molecule has 4 heteroatoms. The largest absolute Gasteiger partial charge is 0.300 e. The number of nitrogens with zero attached hydrogens (tertiary/aromatic N) is 2. The molecule has 0 N–H and O–H groups in total. The van der Waals surface area contributed by atoms with E-state index in [4.69, 9.17) is 0 Å². The summed E-state index contributed by atoms with van der Waals surface area (Å²) in [6.45, 7) is 3.84. The van der Waals surface area contributed by atoms with Gasteiger partial charge in [-0.15, -0.1) is 0 Å². The summed E-state index contributed by atoms with van der Waals surface area (Å²) in [5.41, 5.74) is 2.00. The SMILES string of the molecule is CN1C[C@@H](c2ccccc2)CC12CCN(C1CSCCSC1)CC2. The van der Waals surface area contributed by atoms with Crippen LogP contribution in [0.3, 0.4) is 0 Å². The number of benzene rings is 1. The van der Waals surface area contributed by atoms with Crippen LogP contribution >= 0.6 is 23.5 Å². The Morgan fingerprint density at radius 2 is 1.67 bits per heavy atom. The minimum Gasteiger partial charge on any atom is -0.300 e. The van der Waals surface area contributed by atoms with Crippen LogP contribution in [0.2, 0.25) is 0 Å². The van der Waals surface area contributed by atoms with E-state index in [-0.39, 0.29) is 0 Å². The zero-order valence-corrected chi connectivity index (χ0v) is 16.5. The summed E-state index contributed by atoms with van der Waals surface area (Å²) in [5, 5.41) is 0. The number of thioether (sulfide) groups is 2. The van der Waals surface area contributed by atoms with Crippen LogP contribution in [0.4, 0.5) is 0 Å². The maximum atomic E-state index is 2.81. The van der Waals surface area contributed by atoms with Gasteiger partial charge < -0.3 is 0 Å². The van der Waals surface area contributed by atoms with Crippen LogP contribution in [0.25, 0.3) is 0 Å². The van der Waals surface area contributed by atoms with Crippen LogP contribution in [0.5, 0.6) is 0 Å². The topological polar surface area (TPSA) is 6.48 Å². The van der Waals surface area contributed by atoms with Gasteiger partial charge in [0.25, 0.3) is 0 Å². The fraction of sp³-hybridized carbons (Fsp3) is 0.700. The molecule has 24 heavy (non-hydrogen) atoms. The van der Waals surface area contributed by atoms with Crippen molar-refractivity contribution in [3.8, 4) is 0 Å². The lowest BCUT2D eigenvalue weighted by Gasteiger charge is -2.45. The van der Waals surface area contributed by atoms with E-state index in [9.17, 15) is 0 Å². The highest BCUT2D eigenvalue weighted by atomic mass is 32.2. The van der Waals surface area contributed by atoms with E-state index in [1.807, 2.05) is 0 Å². The first-order chi connectivity index (χ1) is 11.8. The van der Waals surface area contributed by atoms with E-state index in [1.54, 1.807) is 5.56 Å². The lowest BCUT2D eigenvalue weighted by Crippen LogP contribution is -2.53. The number of hydrogen-bond acceptors (Lipinski definition) is 4. The molecule has 1 atom stereocenters. The second-order valence-corrected chi connectivity index (χ2v) is 10.1. The summed E-state index contributed by atoms with van der Waals surface area (Å²) in [4.78, 5) is 5.50. The predicted octanol–water partition coefficient (Wildman–Crippen LogP) is 3.79. The smallest absolute Gasteiger partial charge is 0.0277 e. The highest BCUT2D eigenvalue weighted by Crippen LogP contribution is 2.44. The van der Waals surface area contributed by atoms with Gasteiger partial charge in [0.2, 0.25) is 0 Å². The number of hydrogen-bond donors (Lipinski definition) is 0.